The van der Waals surface area contributed by atoms with Crippen LogP contribution in [0.3, 0.4) is 0 Å². The van der Waals surface area contributed by atoms with E-state index in [4.69, 9.17) is 9.47 Å². The van der Waals surface area contributed by atoms with Gasteiger partial charge in [0.05, 0.1) is 36.2 Å². The molecule has 3 aromatic rings. The number of benzene rings is 2. The molecule has 1 atom stereocenters. The highest BCUT2D eigenvalue weighted by Gasteiger charge is 2.22. The molecule has 8 nitrogen and oxygen atoms in total. The van der Waals surface area contributed by atoms with E-state index in [1.165, 1.54) is 0 Å². The van der Waals surface area contributed by atoms with Crippen LogP contribution in [-0.4, -0.2) is 38.6 Å². The van der Waals surface area contributed by atoms with Gasteiger partial charge in [0, 0.05) is 12.5 Å². The van der Waals surface area contributed by atoms with Crippen molar-refractivity contribution in [3.63, 3.8) is 0 Å². The number of hydrogen-bond donors (Lipinski definition) is 2. The molecular weight excluding hydrogens is 428 g/mol. The summed E-state index contributed by atoms with van der Waals surface area (Å²) in [7, 11) is -0.693. The summed E-state index contributed by atoms with van der Waals surface area (Å²) in [5, 5.41) is 3.28. The number of hydrogen-bond acceptors (Lipinski definition) is 7. The van der Waals surface area contributed by atoms with Crippen LogP contribution in [0, 0.1) is 6.92 Å². The van der Waals surface area contributed by atoms with Crippen molar-refractivity contribution in [3.8, 4) is 0 Å². The molecule has 0 bridgehead atoms. The van der Waals surface area contributed by atoms with Crippen molar-refractivity contribution in [2.45, 2.75) is 24.3 Å². The van der Waals surface area contributed by atoms with E-state index in [-0.39, 0.29) is 16.8 Å². The molecule has 0 amide bonds. The molecule has 0 saturated carbocycles. The first-order valence-electron chi connectivity index (χ1n) is 10.0. The zero-order chi connectivity index (χ0) is 22.7. The number of rotatable bonds is 7. The van der Waals surface area contributed by atoms with Crippen molar-refractivity contribution in [1.29, 1.82) is 0 Å². The number of allylic oxidation sites excluding steroid dienone is 1. The maximum absolute atomic E-state index is 13.1. The highest BCUT2D eigenvalue weighted by molar-refractivity contribution is 7.92. The number of methoxy groups -OCH3 is 2. The van der Waals surface area contributed by atoms with Gasteiger partial charge in [-0.2, -0.15) is 0 Å². The van der Waals surface area contributed by atoms with Crippen molar-refractivity contribution in [3.05, 3.63) is 77.8 Å². The number of aromatic nitrogens is 2. The van der Waals surface area contributed by atoms with Gasteiger partial charge in [-0.25, -0.2) is 18.4 Å². The molecular formula is C23H24N4O4S. The van der Waals surface area contributed by atoms with Crippen LogP contribution in [0.1, 0.15) is 12.0 Å². The van der Waals surface area contributed by atoms with Crippen LogP contribution in [0.4, 0.5) is 11.6 Å². The number of para-hydroxylation sites is 2. The van der Waals surface area contributed by atoms with Gasteiger partial charge < -0.3 is 14.8 Å². The first-order valence-corrected chi connectivity index (χ1v) is 11.5. The SMILES string of the molecule is COC1=CC(Nc2nc3ccccc3nc2NS(=O)(=O)c2cccc(C)c2)CC(OC)=C1. The smallest absolute Gasteiger partial charge is 0.263 e. The second kappa shape index (κ2) is 8.88. The number of anilines is 2. The summed E-state index contributed by atoms with van der Waals surface area (Å²) in [5.41, 5.74) is 2.06. The van der Waals surface area contributed by atoms with Crippen molar-refractivity contribution >= 4 is 32.7 Å². The molecule has 1 aromatic heterocycles. The fraction of sp³-hybridized carbons (Fsp3) is 0.217. The number of sulfonamides is 1. The summed E-state index contributed by atoms with van der Waals surface area (Å²) in [5.74, 6) is 1.80. The van der Waals surface area contributed by atoms with Crippen LogP contribution in [0.2, 0.25) is 0 Å². The third-order valence-corrected chi connectivity index (χ3v) is 6.35. The minimum Gasteiger partial charge on any atom is -0.501 e. The predicted octanol–water partition coefficient (Wildman–Crippen LogP) is 3.98. The number of nitrogens with zero attached hydrogens (tertiary/aromatic N) is 2. The zero-order valence-electron chi connectivity index (χ0n) is 18.0. The van der Waals surface area contributed by atoms with Crippen LogP contribution in [0.15, 0.2) is 77.1 Å². The normalized spacial score (nSPS) is 16.2. The van der Waals surface area contributed by atoms with Gasteiger partial charge >= 0.3 is 0 Å². The summed E-state index contributed by atoms with van der Waals surface area (Å²) in [6.07, 6.45) is 4.24. The van der Waals surface area contributed by atoms with E-state index in [0.29, 0.717) is 29.0 Å². The van der Waals surface area contributed by atoms with Crippen molar-refractivity contribution in [2.24, 2.45) is 0 Å². The monoisotopic (exact) mass is 452 g/mol. The minimum absolute atomic E-state index is 0.117. The molecule has 2 N–H and O–H groups in total. The molecule has 0 radical (unpaired) electrons. The van der Waals surface area contributed by atoms with Crippen LogP contribution < -0.4 is 10.0 Å². The summed E-state index contributed by atoms with van der Waals surface area (Å²) < 4.78 is 39.5. The Morgan fingerprint density at radius 1 is 0.969 bits per heavy atom. The summed E-state index contributed by atoms with van der Waals surface area (Å²) >= 11 is 0. The highest BCUT2D eigenvalue weighted by atomic mass is 32.2. The van der Waals surface area contributed by atoms with E-state index in [1.807, 2.05) is 43.3 Å². The Kier molecular flexibility index (Phi) is 6.00. The summed E-state index contributed by atoms with van der Waals surface area (Å²) in [4.78, 5) is 9.33. The fourth-order valence-electron chi connectivity index (χ4n) is 3.42. The molecule has 1 aliphatic carbocycles. The molecule has 1 aliphatic rings. The number of fused-ring (bicyclic) bond motifs is 1. The molecule has 0 saturated heterocycles. The molecule has 4 rings (SSSR count). The van der Waals surface area contributed by atoms with Crippen molar-refractivity contribution < 1.29 is 17.9 Å². The average Bonchev–Trinajstić information content (AvgIpc) is 2.79. The molecule has 0 aliphatic heterocycles. The van der Waals surface area contributed by atoms with E-state index >= 15 is 0 Å². The van der Waals surface area contributed by atoms with Crippen molar-refractivity contribution in [2.75, 3.05) is 24.3 Å². The second-order valence-corrected chi connectivity index (χ2v) is 9.06. The summed E-state index contributed by atoms with van der Waals surface area (Å²) in [6.45, 7) is 1.84. The molecule has 32 heavy (non-hydrogen) atoms. The lowest BCUT2D eigenvalue weighted by Gasteiger charge is -2.23. The second-order valence-electron chi connectivity index (χ2n) is 7.37. The Morgan fingerprint density at radius 2 is 1.69 bits per heavy atom. The predicted molar refractivity (Wildman–Crippen MR) is 124 cm³/mol. The van der Waals surface area contributed by atoms with Crippen LogP contribution in [0.5, 0.6) is 0 Å². The van der Waals surface area contributed by atoms with E-state index in [2.05, 4.69) is 20.0 Å². The quantitative estimate of drug-likeness (QED) is 0.559. The Bertz CT molecular complexity index is 1320. The third kappa shape index (κ3) is 4.67. The van der Waals surface area contributed by atoms with Gasteiger partial charge in [0.2, 0.25) is 0 Å². The minimum atomic E-state index is -3.87. The van der Waals surface area contributed by atoms with Crippen molar-refractivity contribution in [1.82, 2.24) is 9.97 Å². The molecule has 0 fully saturated rings. The lowest BCUT2D eigenvalue weighted by molar-refractivity contribution is 0.255. The Labute approximate surface area is 187 Å². The van der Waals surface area contributed by atoms with Gasteiger partial charge in [-0.05, 0) is 42.8 Å². The Morgan fingerprint density at radius 3 is 2.34 bits per heavy atom. The zero-order valence-corrected chi connectivity index (χ0v) is 18.8. The van der Waals surface area contributed by atoms with Gasteiger partial charge in [0.1, 0.15) is 11.5 Å². The maximum Gasteiger partial charge on any atom is 0.263 e. The van der Waals surface area contributed by atoms with Gasteiger partial charge in [-0.15, -0.1) is 0 Å². The Hall–Kier alpha value is -3.59. The molecule has 1 unspecified atom stereocenters. The molecule has 0 spiro atoms. The largest absolute Gasteiger partial charge is 0.501 e. The van der Waals surface area contributed by atoms with Gasteiger partial charge in [-0.1, -0.05) is 24.3 Å². The maximum atomic E-state index is 13.1. The van der Waals surface area contributed by atoms with Gasteiger partial charge in [0.15, 0.2) is 11.6 Å². The van der Waals surface area contributed by atoms with E-state index in [0.717, 1.165) is 11.3 Å². The van der Waals surface area contributed by atoms with E-state index in [9.17, 15) is 8.42 Å². The first kappa shape index (κ1) is 21.6. The molecule has 2 aromatic carbocycles. The van der Waals surface area contributed by atoms with Gasteiger partial charge in [-0.3, -0.25) is 4.72 Å². The average molecular weight is 453 g/mol. The first-order chi connectivity index (χ1) is 15.4. The van der Waals surface area contributed by atoms with Crippen LogP contribution in [-0.2, 0) is 19.5 Å². The Balaban J connectivity index is 1.73. The van der Waals surface area contributed by atoms with E-state index < -0.39 is 10.0 Å². The standard InChI is InChI=1S/C23H24N4O4S/c1-15-7-6-8-19(11-15)32(28,29)27-23-22(25-20-9-4-5-10-21(20)26-23)24-16-12-17(30-2)14-18(13-16)31-3/h4-12,14,16H,13H2,1-3H3,(H,24,25)(H,26,27). The molecule has 166 valence electrons. The number of ether oxygens (including phenoxy) is 2. The fourth-order valence-corrected chi connectivity index (χ4v) is 4.53. The van der Waals surface area contributed by atoms with Crippen LogP contribution in [0.25, 0.3) is 11.0 Å². The highest BCUT2D eigenvalue weighted by Crippen LogP contribution is 2.28. The topological polar surface area (TPSA) is 102 Å². The lowest BCUT2D eigenvalue weighted by Crippen LogP contribution is -2.24. The molecule has 9 heteroatoms. The van der Waals surface area contributed by atoms with Gasteiger partial charge in [0.25, 0.3) is 10.0 Å². The lowest BCUT2D eigenvalue weighted by atomic mass is 10.1. The molecule has 1 heterocycles. The number of aryl methyl sites for hydroxylation is 1. The van der Waals surface area contributed by atoms with Crippen LogP contribution >= 0.6 is 0 Å². The number of nitrogens with one attached hydrogen (secondary N) is 2. The summed E-state index contributed by atoms with van der Waals surface area (Å²) in [6, 6.07) is 13.7. The third-order valence-electron chi connectivity index (χ3n) is 5.01. The van der Waals surface area contributed by atoms with E-state index in [1.54, 1.807) is 38.5 Å².